The van der Waals surface area contributed by atoms with Crippen LogP contribution >= 0.6 is 23.5 Å². The fraction of sp³-hybridized carbons (Fsp3) is 0.621. The number of aromatic nitrogens is 2. The quantitative estimate of drug-likeness (QED) is 0.314. The number of hydrogen-bond donors (Lipinski definition) is 2. The predicted molar refractivity (Wildman–Crippen MR) is 160 cm³/mol. The molecule has 1 aromatic heterocycles. The topological polar surface area (TPSA) is 76.9 Å². The van der Waals surface area contributed by atoms with Gasteiger partial charge in [0.15, 0.2) is 0 Å². The highest BCUT2D eigenvalue weighted by molar-refractivity contribution is 8.17. The lowest BCUT2D eigenvalue weighted by Crippen LogP contribution is -2.28. The average Bonchev–Trinajstić information content (AvgIpc) is 3.31. The lowest BCUT2D eigenvalue weighted by molar-refractivity contribution is 0.215. The van der Waals surface area contributed by atoms with E-state index in [1.165, 1.54) is 32.1 Å². The van der Waals surface area contributed by atoms with E-state index in [9.17, 15) is 5.26 Å². The first kappa shape index (κ1) is 28.1. The Morgan fingerprint density at radius 3 is 2.62 bits per heavy atom. The number of aryl methyl sites for hydroxylation is 1. The normalized spacial score (nSPS) is 24.2. The Kier molecular flexibility index (Phi) is 10.4. The molecule has 4 atom stereocenters. The molecule has 0 amide bonds. The van der Waals surface area contributed by atoms with Gasteiger partial charge in [0.05, 0.1) is 27.5 Å². The highest BCUT2D eigenvalue weighted by atomic mass is 32.2. The van der Waals surface area contributed by atoms with Gasteiger partial charge >= 0.3 is 0 Å². The maximum atomic E-state index is 10.2. The van der Waals surface area contributed by atoms with Crippen LogP contribution in [-0.4, -0.2) is 51.9 Å². The maximum Gasteiger partial charge on any atom is 0.227 e. The molecule has 0 radical (unpaired) electrons. The second-order valence-corrected chi connectivity index (χ2v) is 12.8. The second-order valence-electron chi connectivity index (χ2n) is 10.2. The van der Waals surface area contributed by atoms with Crippen molar-refractivity contribution < 1.29 is 0 Å². The maximum absolute atomic E-state index is 10.2. The van der Waals surface area contributed by atoms with E-state index in [0.717, 1.165) is 48.8 Å². The molecule has 1 saturated carbocycles. The van der Waals surface area contributed by atoms with Crippen molar-refractivity contribution in [1.29, 1.82) is 5.26 Å². The Labute approximate surface area is 231 Å². The molecule has 1 aliphatic carbocycles. The molecule has 2 heterocycles. The third-order valence-electron chi connectivity index (χ3n) is 7.96. The lowest BCUT2D eigenvalue weighted by atomic mass is 9.72. The molecule has 2 aromatic rings. The molecule has 2 fully saturated rings. The van der Waals surface area contributed by atoms with Crippen LogP contribution in [0, 0.1) is 36.0 Å². The molecule has 1 aliphatic heterocycles. The van der Waals surface area contributed by atoms with Crippen LogP contribution in [0.1, 0.15) is 62.5 Å². The number of hydrogen-bond acceptors (Lipinski definition) is 8. The monoisotopic (exact) mass is 538 g/mol. The third kappa shape index (κ3) is 6.93. The second kappa shape index (κ2) is 13.7. The summed E-state index contributed by atoms with van der Waals surface area (Å²) >= 11 is 3.78. The minimum absolute atomic E-state index is 0.0676. The van der Waals surface area contributed by atoms with Crippen molar-refractivity contribution in [2.45, 2.75) is 62.7 Å². The Bertz CT molecular complexity index is 1050. The number of thioether (sulfide) groups is 2. The molecule has 6 nitrogen and oxygen atoms in total. The van der Waals surface area contributed by atoms with E-state index < -0.39 is 0 Å². The van der Waals surface area contributed by atoms with E-state index in [2.05, 4.69) is 77.9 Å². The summed E-state index contributed by atoms with van der Waals surface area (Å²) < 4.78 is 0.298. The summed E-state index contributed by atoms with van der Waals surface area (Å²) in [5.74, 6) is 1.66. The highest BCUT2D eigenvalue weighted by Crippen LogP contribution is 2.59. The molecule has 2 N–H and O–H groups in total. The van der Waals surface area contributed by atoms with Gasteiger partial charge in [-0.1, -0.05) is 52.0 Å². The molecule has 0 spiro atoms. The van der Waals surface area contributed by atoms with E-state index in [0.29, 0.717) is 22.4 Å². The fourth-order valence-corrected chi connectivity index (χ4v) is 8.86. The number of nitrogens with one attached hydrogen (secondary N) is 2. The minimum Gasteiger partial charge on any atom is -0.384 e. The van der Waals surface area contributed by atoms with E-state index in [-0.39, 0.29) is 11.2 Å². The van der Waals surface area contributed by atoms with E-state index in [4.69, 9.17) is 4.98 Å². The SMILES string of the molecule is CCN(CC)CCNc1cccc(Nc2ncc(C)c(C3SC(SC)C(C#N)C3C3CCCCC3)n2)c1. The van der Waals surface area contributed by atoms with Gasteiger partial charge in [0.1, 0.15) is 0 Å². The number of anilines is 3. The summed E-state index contributed by atoms with van der Waals surface area (Å²) in [5, 5.41) is 17.4. The van der Waals surface area contributed by atoms with Gasteiger partial charge < -0.3 is 15.5 Å². The van der Waals surface area contributed by atoms with Crippen LogP contribution in [-0.2, 0) is 0 Å². The number of likely N-dealkylation sites (N-methyl/N-ethyl adjacent to an activating group) is 1. The van der Waals surface area contributed by atoms with Gasteiger partial charge in [0.25, 0.3) is 0 Å². The Balaban J connectivity index is 1.52. The fourth-order valence-electron chi connectivity index (χ4n) is 5.88. The van der Waals surface area contributed by atoms with Gasteiger partial charge in [-0.3, -0.25) is 0 Å². The first-order chi connectivity index (χ1) is 18.1. The Morgan fingerprint density at radius 1 is 1.16 bits per heavy atom. The van der Waals surface area contributed by atoms with Gasteiger partial charge in [-0.15, -0.1) is 23.5 Å². The molecule has 4 unspecified atom stereocenters. The molecule has 4 rings (SSSR count). The van der Waals surface area contributed by atoms with Crippen LogP contribution in [0.15, 0.2) is 30.5 Å². The summed E-state index contributed by atoms with van der Waals surface area (Å²) in [5.41, 5.74) is 4.29. The van der Waals surface area contributed by atoms with Crippen LogP contribution < -0.4 is 10.6 Å². The summed E-state index contributed by atoms with van der Waals surface area (Å²) in [7, 11) is 0. The van der Waals surface area contributed by atoms with Crippen LogP contribution in [0.5, 0.6) is 0 Å². The first-order valence-electron chi connectivity index (χ1n) is 13.8. The molecule has 1 aromatic carbocycles. The molecule has 1 saturated heterocycles. The van der Waals surface area contributed by atoms with Crippen molar-refractivity contribution >= 4 is 40.8 Å². The van der Waals surface area contributed by atoms with Gasteiger partial charge in [0.2, 0.25) is 5.95 Å². The zero-order chi connectivity index (χ0) is 26.2. The third-order valence-corrected chi connectivity index (χ3v) is 11.0. The number of benzene rings is 1. The number of rotatable bonds is 11. The van der Waals surface area contributed by atoms with Crippen molar-refractivity contribution in [3.8, 4) is 6.07 Å². The van der Waals surface area contributed by atoms with Gasteiger partial charge in [-0.2, -0.15) is 5.26 Å². The first-order valence-corrected chi connectivity index (χ1v) is 16.1. The molecular weight excluding hydrogens is 496 g/mol. The smallest absolute Gasteiger partial charge is 0.227 e. The molecule has 2 aliphatic rings. The standard InChI is InChI=1S/C29H42N6S2/c1-5-35(6-2)16-15-31-22-13-10-14-23(17-22)33-29-32-19-20(3)26(34-29)27-25(21-11-8-7-9-12-21)24(18-30)28(36-4)37-27/h10,13-14,17,19,21,24-25,27-28,31H,5-9,11-12,15-16H2,1-4H3,(H,32,33,34). The summed E-state index contributed by atoms with van der Waals surface area (Å²) in [6, 6.07) is 11.1. The van der Waals surface area contributed by atoms with Crippen molar-refractivity contribution in [1.82, 2.24) is 14.9 Å². The summed E-state index contributed by atoms with van der Waals surface area (Å²) in [4.78, 5) is 12.1. The molecule has 200 valence electrons. The van der Waals surface area contributed by atoms with Crippen LogP contribution in [0.2, 0.25) is 0 Å². The predicted octanol–water partition coefficient (Wildman–Crippen LogP) is 7.10. The Hall–Kier alpha value is -1.95. The van der Waals surface area contributed by atoms with Gasteiger partial charge in [-0.05, 0) is 61.9 Å². The van der Waals surface area contributed by atoms with E-state index in [1.54, 1.807) is 0 Å². The Morgan fingerprint density at radius 2 is 1.92 bits per heavy atom. The lowest BCUT2D eigenvalue weighted by Gasteiger charge is -2.33. The molecule has 37 heavy (non-hydrogen) atoms. The molecule has 8 heteroatoms. The van der Waals surface area contributed by atoms with Crippen LogP contribution in [0.25, 0.3) is 0 Å². The molecule has 0 bridgehead atoms. The van der Waals surface area contributed by atoms with E-state index >= 15 is 0 Å². The van der Waals surface area contributed by atoms with Crippen LogP contribution in [0.4, 0.5) is 17.3 Å². The largest absolute Gasteiger partial charge is 0.384 e. The number of nitrogens with zero attached hydrogens (tertiary/aromatic N) is 4. The number of nitriles is 1. The highest BCUT2D eigenvalue weighted by Gasteiger charge is 2.49. The zero-order valence-corrected chi connectivity index (χ0v) is 24.4. The summed E-state index contributed by atoms with van der Waals surface area (Å²) in [6.07, 6.45) is 10.5. The van der Waals surface area contributed by atoms with Crippen molar-refractivity contribution in [2.75, 3.05) is 43.1 Å². The van der Waals surface area contributed by atoms with E-state index in [1.807, 2.05) is 29.7 Å². The van der Waals surface area contributed by atoms with Gasteiger partial charge in [-0.25, -0.2) is 9.97 Å². The van der Waals surface area contributed by atoms with Crippen LogP contribution in [0.3, 0.4) is 0 Å². The zero-order valence-electron chi connectivity index (χ0n) is 22.7. The molecular formula is C29H42N6S2. The summed E-state index contributed by atoms with van der Waals surface area (Å²) in [6.45, 7) is 10.6. The van der Waals surface area contributed by atoms with Gasteiger partial charge in [0, 0.05) is 30.7 Å². The van der Waals surface area contributed by atoms with Crippen molar-refractivity contribution in [3.05, 3.63) is 41.7 Å². The average molecular weight is 539 g/mol. The van der Waals surface area contributed by atoms with Crippen molar-refractivity contribution in [2.24, 2.45) is 17.8 Å². The minimum atomic E-state index is 0.0676. The van der Waals surface area contributed by atoms with Crippen molar-refractivity contribution in [3.63, 3.8) is 0 Å².